The Bertz CT molecular complexity index is 274. The van der Waals surface area contributed by atoms with E-state index in [-0.39, 0.29) is 0 Å². The Morgan fingerprint density at radius 1 is 1.36 bits per heavy atom. The van der Waals surface area contributed by atoms with Crippen LogP contribution in [0, 0.1) is 6.92 Å². The molecule has 1 heteroatoms. The van der Waals surface area contributed by atoms with E-state index in [1.165, 1.54) is 24.0 Å². The summed E-state index contributed by atoms with van der Waals surface area (Å²) in [6, 6.07) is 6.29. The third-order valence-corrected chi connectivity index (χ3v) is 2.79. The van der Waals surface area contributed by atoms with Gasteiger partial charge < -0.3 is 0 Å². The van der Waals surface area contributed by atoms with E-state index in [0.29, 0.717) is 0 Å². The monoisotopic (exact) mass is 163 g/mol. The van der Waals surface area contributed by atoms with Crippen molar-refractivity contribution < 1.29 is 0 Å². The molecule has 0 heterocycles. The second-order valence-electron chi connectivity index (χ2n) is 3.24. The van der Waals surface area contributed by atoms with E-state index < -0.39 is 0 Å². The zero-order valence-corrected chi connectivity index (χ0v) is 7.45. The van der Waals surface area contributed by atoms with Crippen molar-refractivity contribution in [2.45, 2.75) is 30.6 Å². The molecule has 0 unspecified atom stereocenters. The van der Waals surface area contributed by atoms with Gasteiger partial charge >= 0.3 is 0 Å². The predicted octanol–water partition coefficient (Wildman–Crippen LogP) is 3.43. The van der Waals surface area contributed by atoms with E-state index >= 15 is 0 Å². The maximum absolute atomic E-state index is 5.19. The van der Waals surface area contributed by atoms with Crippen LogP contribution in [0.2, 0.25) is 0 Å². The Morgan fingerprint density at radius 2 is 2.09 bits per heavy atom. The molecule has 0 amide bonds. The summed E-state index contributed by atoms with van der Waals surface area (Å²) in [6.07, 6.45) is 2.72. The summed E-state index contributed by atoms with van der Waals surface area (Å²) in [5.74, 6) is 0.831. The first-order chi connectivity index (χ1) is 5.29. The van der Waals surface area contributed by atoms with Crippen molar-refractivity contribution >= 4 is 12.6 Å². The minimum absolute atomic E-state index is 0.831. The quantitative estimate of drug-likeness (QED) is 0.595. The van der Waals surface area contributed by atoms with Gasteiger partial charge in [0.2, 0.25) is 0 Å². The summed E-state index contributed by atoms with van der Waals surface area (Å²) < 4.78 is 0. The molecule has 0 aliphatic heterocycles. The van der Waals surface area contributed by atoms with Gasteiger partial charge in [-0.25, -0.2) is 0 Å². The van der Waals surface area contributed by atoms with E-state index in [2.05, 4.69) is 19.1 Å². The second-order valence-corrected chi connectivity index (χ2v) is 3.68. The highest BCUT2D eigenvalue weighted by Gasteiger charge is 2.25. The number of benzene rings is 1. The third kappa shape index (κ3) is 1.25. The van der Waals surface area contributed by atoms with Crippen molar-refractivity contribution in [1.82, 2.24) is 0 Å². The lowest BCUT2D eigenvalue weighted by atomic mass is 10.1. The maximum atomic E-state index is 5.19. The van der Waals surface area contributed by atoms with E-state index in [1.54, 1.807) is 0 Å². The molecule has 1 radical (unpaired) electrons. The Morgan fingerprint density at radius 3 is 2.73 bits per heavy atom. The van der Waals surface area contributed by atoms with Crippen LogP contribution in [0.3, 0.4) is 0 Å². The molecule has 57 valence electrons. The first kappa shape index (κ1) is 7.11. The summed E-state index contributed by atoms with van der Waals surface area (Å²) in [5.41, 5.74) is 2.81. The molecule has 1 aliphatic carbocycles. The highest BCUT2D eigenvalue weighted by atomic mass is 32.1. The molecule has 0 atom stereocenters. The van der Waals surface area contributed by atoms with Crippen LogP contribution in [-0.4, -0.2) is 0 Å². The van der Waals surface area contributed by atoms with Crippen molar-refractivity contribution in [2.24, 2.45) is 0 Å². The molecular formula is C10H11S. The standard InChI is InChI=1S/C10H11S/c1-7-9(8-5-6-8)3-2-4-10(7)11/h2-4,8H,5-6H2,1H3. The average molecular weight is 163 g/mol. The van der Waals surface area contributed by atoms with Crippen LogP contribution in [0.25, 0.3) is 0 Å². The Balaban J connectivity index is 2.45. The largest absolute Gasteiger partial charge is 0.0798 e. The molecule has 11 heavy (non-hydrogen) atoms. The predicted molar refractivity (Wildman–Crippen MR) is 49.0 cm³/mol. The van der Waals surface area contributed by atoms with Gasteiger partial charge in [0.1, 0.15) is 0 Å². The van der Waals surface area contributed by atoms with Crippen LogP contribution < -0.4 is 0 Å². The molecule has 1 fully saturated rings. The fraction of sp³-hybridized carbons (Fsp3) is 0.400. The molecule has 2 rings (SSSR count). The summed E-state index contributed by atoms with van der Waals surface area (Å²) in [5, 5.41) is 0. The normalized spacial score (nSPS) is 16.8. The number of hydrogen-bond acceptors (Lipinski definition) is 0. The Labute approximate surface area is 73.0 Å². The molecule has 1 aliphatic rings. The second kappa shape index (κ2) is 2.49. The zero-order chi connectivity index (χ0) is 7.84. The molecule has 0 spiro atoms. The summed E-state index contributed by atoms with van der Waals surface area (Å²) in [7, 11) is 0. The van der Waals surface area contributed by atoms with Gasteiger partial charge in [-0.05, 0) is 42.9 Å². The Kier molecular flexibility index (Phi) is 1.61. The third-order valence-electron chi connectivity index (χ3n) is 2.34. The van der Waals surface area contributed by atoms with Crippen molar-refractivity contribution in [3.05, 3.63) is 29.3 Å². The number of rotatable bonds is 1. The van der Waals surface area contributed by atoms with Gasteiger partial charge in [0.05, 0.1) is 0 Å². The molecule has 0 N–H and O–H groups in total. The van der Waals surface area contributed by atoms with Crippen molar-refractivity contribution in [3.63, 3.8) is 0 Å². The average Bonchev–Trinajstić information content (AvgIpc) is 2.77. The molecule has 1 aromatic rings. The van der Waals surface area contributed by atoms with Gasteiger partial charge in [0.25, 0.3) is 0 Å². The van der Waals surface area contributed by atoms with Crippen LogP contribution in [0.5, 0.6) is 0 Å². The maximum Gasteiger partial charge on any atom is 0.0409 e. The van der Waals surface area contributed by atoms with Gasteiger partial charge in [0.15, 0.2) is 0 Å². The van der Waals surface area contributed by atoms with Gasteiger partial charge in [-0.1, -0.05) is 24.8 Å². The SMILES string of the molecule is Cc1c([S])cccc1C1CC1. The lowest BCUT2D eigenvalue weighted by Crippen LogP contribution is -1.85. The topological polar surface area (TPSA) is 0 Å². The number of hydrogen-bond donors (Lipinski definition) is 0. The van der Waals surface area contributed by atoms with E-state index in [1.807, 2.05) is 6.07 Å². The first-order valence-electron chi connectivity index (χ1n) is 4.05. The molecule has 0 bridgehead atoms. The fourth-order valence-electron chi connectivity index (χ4n) is 1.47. The molecule has 0 nitrogen and oxygen atoms in total. The zero-order valence-electron chi connectivity index (χ0n) is 6.63. The highest BCUT2D eigenvalue weighted by Crippen LogP contribution is 2.42. The first-order valence-corrected chi connectivity index (χ1v) is 4.46. The highest BCUT2D eigenvalue weighted by molar-refractivity contribution is 7.80. The fourth-order valence-corrected chi connectivity index (χ4v) is 1.66. The minimum Gasteiger partial charge on any atom is -0.0798 e. The van der Waals surface area contributed by atoms with Gasteiger partial charge in [0, 0.05) is 4.90 Å². The molecular weight excluding hydrogens is 152 g/mol. The van der Waals surface area contributed by atoms with Crippen LogP contribution in [0.15, 0.2) is 23.1 Å². The summed E-state index contributed by atoms with van der Waals surface area (Å²) in [4.78, 5) is 1.02. The molecule has 0 saturated heterocycles. The minimum atomic E-state index is 0.831. The molecule has 1 aromatic carbocycles. The summed E-state index contributed by atoms with van der Waals surface area (Å²) in [6.45, 7) is 2.13. The summed E-state index contributed by atoms with van der Waals surface area (Å²) >= 11 is 5.19. The van der Waals surface area contributed by atoms with Crippen molar-refractivity contribution in [2.75, 3.05) is 0 Å². The lowest BCUT2D eigenvalue weighted by Gasteiger charge is -2.04. The van der Waals surface area contributed by atoms with Crippen LogP contribution in [0.4, 0.5) is 0 Å². The lowest BCUT2D eigenvalue weighted by molar-refractivity contribution is 1.07. The van der Waals surface area contributed by atoms with Crippen LogP contribution in [-0.2, 0) is 0 Å². The smallest absolute Gasteiger partial charge is 0.0409 e. The van der Waals surface area contributed by atoms with Gasteiger partial charge in [-0.3, -0.25) is 0 Å². The van der Waals surface area contributed by atoms with Crippen molar-refractivity contribution in [3.8, 4) is 0 Å². The van der Waals surface area contributed by atoms with Crippen LogP contribution in [0.1, 0.15) is 29.9 Å². The van der Waals surface area contributed by atoms with E-state index in [9.17, 15) is 0 Å². The van der Waals surface area contributed by atoms with E-state index in [0.717, 1.165) is 10.8 Å². The van der Waals surface area contributed by atoms with Gasteiger partial charge in [-0.2, -0.15) is 0 Å². The molecule has 1 saturated carbocycles. The van der Waals surface area contributed by atoms with Crippen molar-refractivity contribution in [1.29, 1.82) is 0 Å². The van der Waals surface area contributed by atoms with E-state index in [4.69, 9.17) is 12.6 Å². The van der Waals surface area contributed by atoms with Gasteiger partial charge in [-0.15, -0.1) is 0 Å². The Hall–Kier alpha value is -0.560. The van der Waals surface area contributed by atoms with Crippen LogP contribution >= 0.6 is 12.6 Å². The molecule has 0 aromatic heterocycles.